The van der Waals surface area contributed by atoms with Gasteiger partial charge in [0, 0.05) is 35.6 Å². The number of carbonyl (C=O) groups excluding carboxylic acids is 3. The second-order valence-electron chi connectivity index (χ2n) is 10.1. The van der Waals surface area contributed by atoms with Crippen molar-refractivity contribution in [3.05, 3.63) is 72.0 Å². The molecule has 3 heterocycles. The SMILES string of the molecule is COC(=O)c1ccc(N/C=C(/NC(=O)c2coc(-c3ccnc(NCC(F)(F)F)c3)n2)C(=N)N2CCC(C)(C)C2=O)cc1. The Kier molecular flexibility index (Phi) is 8.82. The average molecular weight is 600 g/mol. The average Bonchev–Trinajstić information content (AvgIpc) is 3.58. The Labute approximate surface area is 243 Å². The number of ether oxygens (including phenoxy) is 1. The second-order valence-corrected chi connectivity index (χ2v) is 10.1. The molecule has 1 fully saturated rings. The minimum atomic E-state index is -4.44. The van der Waals surface area contributed by atoms with E-state index in [2.05, 4.69) is 30.7 Å². The van der Waals surface area contributed by atoms with Crippen molar-refractivity contribution in [3.63, 3.8) is 0 Å². The van der Waals surface area contributed by atoms with Crippen LogP contribution >= 0.6 is 0 Å². The summed E-state index contributed by atoms with van der Waals surface area (Å²) in [7, 11) is 1.26. The zero-order valence-electron chi connectivity index (χ0n) is 23.3. The van der Waals surface area contributed by atoms with Gasteiger partial charge in [-0.2, -0.15) is 13.2 Å². The van der Waals surface area contributed by atoms with E-state index in [0.29, 0.717) is 17.7 Å². The van der Waals surface area contributed by atoms with Crippen LogP contribution in [0, 0.1) is 10.8 Å². The quantitative estimate of drug-likeness (QED) is 0.158. The minimum absolute atomic E-state index is 0.0523. The number of hydrogen-bond acceptors (Lipinski definition) is 10. The highest BCUT2D eigenvalue weighted by atomic mass is 19.4. The van der Waals surface area contributed by atoms with E-state index in [9.17, 15) is 27.6 Å². The number of nitrogens with one attached hydrogen (secondary N) is 4. The van der Waals surface area contributed by atoms with Crippen molar-refractivity contribution < 1.29 is 36.7 Å². The highest BCUT2D eigenvalue weighted by molar-refractivity contribution is 6.10. The molecule has 3 aromatic rings. The summed E-state index contributed by atoms with van der Waals surface area (Å²) in [5.41, 5.74) is 0.173. The van der Waals surface area contributed by atoms with Crippen LogP contribution in [0.2, 0.25) is 0 Å². The van der Waals surface area contributed by atoms with Crippen LogP contribution in [0.1, 0.15) is 41.1 Å². The Balaban J connectivity index is 1.54. The Hall–Kier alpha value is -5.21. The van der Waals surface area contributed by atoms with Gasteiger partial charge in [0.25, 0.3) is 5.91 Å². The van der Waals surface area contributed by atoms with E-state index in [-0.39, 0.29) is 47.0 Å². The summed E-state index contributed by atoms with van der Waals surface area (Å²) in [6, 6.07) is 8.97. The van der Waals surface area contributed by atoms with Gasteiger partial charge in [0.1, 0.15) is 24.3 Å². The van der Waals surface area contributed by atoms with Crippen LogP contribution in [0.25, 0.3) is 11.5 Å². The number of pyridine rings is 1. The first-order chi connectivity index (χ1) is 20.3. The molecule has 1 aromatic carbocycles. The van der Waals surface area contributed by atoms with Crippen LogP contribution in [0.15, 0.2) is 65.2 Å². The number of aromatic nitrogens is 2. The Morgan fingerprint density at radius 3 is 2.56 bits per heavy atom. The van der Waals surface area contributed by atoms with Crippen LogP contribution in [0.5, 0.6) is 0 Å². The van der Waals surface area contributed by atoms with E-state index in [1.807, 2.05) is 0 Å². The lowest BCUT2D eigenvalue weighted by atomic mass is 9.92. The number of likely N-dealkylation sites (tertiary alicyclic amines) is 1. The number of amides is 2. The number of oxazole rings is 1. The maximum atomic E-state index is 13.2. The molecular formula is C28H28F3N7O5. The van der Waals surface area contributed by atoms with E-state index < -0.39 is 30.0 Å². The van der Waals surface area contributed by atoms with Crippen molar-refractivity contribution in [1.82, 2.24) is 20.2 Å². The molecule has 2 amide bonds. The summed E-state index contributed by atoms with van der Waals surface area (Å²) >= 11 is 0. The minimum Gasteiger partial charge on any atom is -0.465 e. The molecule has 0 aliphatic carbocycles. The molecule has 4 N–H and O–H groups in total. The summed E-state index contributed by atoms with van der Waals surface area (Å²) in [5.74, 6) is -1.95. The molecule has 0 radical (unpaired) electrons. The highest BCUT2D eigenvalue weighted by Gasteiger charge is 2.41. The molecule has 0 spiro atoms. The van der Waals surface area contributed by atoms with Crippen molar-refractivity contribution >= 4 is 35.1 Å². The van der Waals surface area contributed by atoms with Gasteiger partial charge in [-0.15, -0.1) is 0 Å². The standard InChI is InChI=1S/C28H28F3N7O5/c1-27(2)9-11-38(26(27)41)22(32)19(13-34-18-6-4-16(5-7-18)25(40)42-3)36-23(39)20-14-43-24(37-20)17-8-10-33-21(12-17)35-15-28(29,30)31/h4-8,10,12-14,32,34H,9,11,15H2,1-3H3,(H,33,35)(H,36,39)/b19-13+,32-22?. The van der Waals surface area contributed by atoms with Gasteiger partial charge in [0.2, 0.25) is 11.8 Å². The van der Waals surface area contributed by atoms with Gasteiger partial charge in [0.05, 0.1) is 12.7 Å². The van der Waals surface area contributed by atoms with Crippen molar-refractivity contribution in [1.29, 1.82) is 5.41 Å². The number of methoxy groups -OCH3 is 1. The lowest BCUT2D eigenvalue weighted by Crippen LogP contribution is -2.41. The van der Waals surface area contributed by atoms with Crippen molar-refractivity contribution in [2.75, 3.05) is 30.8 Å². The number of rotatable bonds is 9. The Morgan fingerprint density at radius 2 is 1.93 bits per heavy atom. The van der Waals surface area contributed by atoms with Gasteiger partial charge in [-0.25, -0.2) is 14.8 Å². The van der Waals surface area contributed by atoms with E-state index in [1.165, 1.54) is 48.7 Å². The predicted molar refractivity (Wildman–Crippen MR) is 149 cm³/mol. The van der Waals surface area contributed by atoms with Crippen molar-refractivity contribution in [2.45, 2.75) is 26.4 Å². The molecule has 226 valence electrons. The zero-order valence-corrected chi connectivity index (χ0v) is 23.3. The number of nitrogens with zero attached hydrogens (tertiary/aromatic N) is 3. The second kappa shape index (κ2) is 12.3. The van der Waals surface area contributed by atoms with Crippen LogP contribution in [0.4, 0.5) is 24.7 Å². The Morgan fingerprint density at radius 1 is 1.21 bits per heavy atom. The molecule has 2 aromatic heterocycles. The third-order valence-electron chi connectivity index (χ3n) is 6.46. The van der Waals surface area contributed by atoms with Gasteiger partial charge in [-0.1, -0.05) is 13.8 Å². The molecule has 4 rings (SSSR count). The van der Waals surface area contributed by atoms with Gasteiger partial charge in [-0.05, 0) is 42.8 Å². The fourth-order valence-electron chi connectivity index (χ4n) is 4.01. The third-order valence-corrected chi connectivity index (χ3v) is 6.46. The predicted octanol–water partition coefficient (Wildman–Crippen LogP) is 4.42. The van der Waals surface area contributed by atoms with Crippen LogP contribution in [-0.2, 0) is 9.53 Å². The first kappa shape index (κ1) is 30.7. The summed E-state index contributed by atoms with van der Waals surface area (Å²) in [6.45, 7) is 2.52. The summed E-state index contributed by atoms with van der Waals surface area (Å²) < 4.78 is 47.7. The normalized spacial score (nSPS) is 14.8. The van der Waals surface area contributed by atoms with Crippen LogP contribution in [-0.4, -0.2) is 64.9 Å². The first-order valence-corrected chi connectivity index (χ1v) is 12.9. The zero-order chi connectivity index (χ0) is 31.4. The number of halogens is 3. The number of amidine groups is 1. The monoisotopic (exact) mass is 599 g/mol. The maximum Gasteiger partial charge on any atom is 0.405 e. The first-order valence-electron chi connectivity index (χ1n) is 12.9. The van der Waals surface area contributed by atoms with E-state index >= 15 is 0 Å². The molecule has 43 heavy (non-hydrogen) atoms. The molecule has 15 heteroatoms. The van der Waals surface area contributed by atoms with Crippen LogP contribution in [0.3, 0.4) is 0 Å². The third kappa shape index (κ3) is 7.55. The lowest BCUT2D eigenvalue weighted by molar-refractivity contribution is -0.131. The summed E-state index contributed by atoms with van der Waals surface area (Å²) in [4.78, 5) is 47.0. The van der Waals surface area contributed by atoms with Crippen molar-refractivity contribution in [2.24, 2.45) is 5.41 Å². The lowest BCUT2D eigenvalue weighted by Gasteiger charge is -2.22. The molecule has 0 saturated carbocycles. The number of hydrogen-bond donors (Lipinski definition) is 4. The fraction of sp³-hybridized carbons (Fsp3) is 0.286. The van der Waals surface area contributed by atoms with E-state index in [4.69, 9.17) is 9.83 Å². The number of benzene rings is 1. The topological polar surface area (TPSA) is 163 Å². The Bertz CT molecular complexity index is 1570. The van der Waals surface area contributed by atoms with Crippen LogP contribution < -0.4 is 16.0 Å². The number of esters is 1. The smallest absolute Gasteiger partial charge is 0.405 e. The molecule has 1 aliphatic heterocycles. The molecule has 1 saturated heterocycles. The van der Waals surface area contributed by atoms with Gasteiger partial charge in [-0.3, -0.25) is 19.9 Å². The summed E-state index contributed by atoms with van der Waals surface area (Å²) in [6.07, 6.45) is -0.289. The molecule has 0 bridgehead atoms. The highest BCUT2D eigenvalue weighted by Crippen LogP contribution is 2.31. The molecule has 12 nitrogen and oxygen atoms in total. The largest absolute Gasteiger partial charge is 0.465 e. The van der Waals surface area contributed by atoms with E-state index in [1.54, 1.807) is 26.0 Å². The molecule has 0 unspecified atom stereocenters. The number of carbonyl (C=O) groups is 3. The fourth-order valence-corrected chi connectivity index (χ4v) is 4.01. The van der Waals surface area contributed by atoms with Gasteiger partial charge in [0.15, 0.2) is 11.5 Å². The number of anilines is 2. The van der Waals surface area contributed by atoms with Gasteiger partial charge < -0.3 is 25.1 Å². The maximum absolute atomic E-state index is 13.2. The van der Waals surface area contributed by atoms with Crippen molar-refractivity contribution in [3.8, 4) is 11.5 Å². The molecule has 1 aliphatic rings. The van der Waals surface area contributed by atoms with E-state index in [0.717, 1.165) is 6.26 Å². The number of alkyl halides is 3. The van der Waals surface area contributed by atoms with Gasteiger partial charge >= 0.3 is 12.1 Å². The molecule has 0 atom stereocenters. The summed E-state index contributed by atoms with van der Waals surface area (Å²) in [5, 5.41) is 16.4. The molecular weight excluding hydrogens is 571 g/mol.